The van der Waals surface area contributed by atoms with Crippen molar-refractivity contribution in [3.63, 3.8) is 0 Å². The van der Waals surface area contributed by atoms with Crippen LogP contribution in [-0.4, -0.2) is 23.0 Å². The van der Waals surface area contributed by atoms with E-state index in [0.29, 0.717) is 25.0 Å². The Labute approximate surface area is 146 Å². The van der Waals surface area contributed by atoms with Crippen LogP contribution in [0.25, 0.3) is 0 Å². The van der Waals surface area contributed by atoms with Crippen molar-refractivity contribution in [1.29, 1.82) is 0 Å². The molecule has 2 aromatic carbocycles. The van der Waals surface area contributed by atoms with Crippen molar-refractivity contribution in [3.8, 4) is 0 Å². The van der Waals surface area contributed by atoms with Crippen LogP contribution in [-0.2, 0) is 4.74 Å². The van der Waals surface area contributed by atoms with Gasteiger partial charge in [0.05, 0.1) is 11.0 Å². The summed E-state index contributed by atoms with van der Waals surface area (Å²) < 4.78 is 5.81. The van der Waals surface area contributed by atoms with Gasteiger partial charge in [0.25, 0.3) is 11.6 Å². The fourth-order valence-corrected chi connectivity index (χ4v) is 3.10. The van der Waals surface area contributed by atoms with Gasteiger partial charge >= 0.3 is 0 Å². The van der Waals surface area contributed by atoms with Crippen molar-refractivity contribution >= 4 is 11.6 Å². The summed E-state index contributed by atoms with van der Waals surface area (Å²) in [4.78, 5) is 23.0. The molecule has 0 aromatic heterocycles. The standard InChI is InChI=1S/C19H20N2O4/c1-19(20-18(22)14-6-3-2-4-7-14)10-11-25-17(13-19)15-8-5-9-16(12-15)21(23)24/h2-9,12,17H,10-11,13H2,1H3,(H,20,22)/t17-,19-/m1/s1. The molecular formula is C19H20N2O4. The Bertz CT molecular complexity index is 778. The highest BCUT2D eigenvalue weighted by molar-refractivity contribution is 5.94. The molecule has 1 N–H and O–H groups in total. The molecule has 0 unspecified atom stereocenters. The molecule has 1 aliphatic rings. The first-order valence-corrected chi connectivity index (χ1v) is 8.20. The van der Waals surface area contributed by atoms with E-state index in [1.165, 1.54) is 12.1 Å². The highest BCUT2D eigenvalue weighted by Crippen LogP contribution is 2.35. The van der Waals surface area contributed by atoms with Gasteiger partial charge in [0.2, 0.25) is 0 Å². The Hall–Kier alpha value is -2.73. The van der Waals surface area contributed by atoms with Gasteiger partial charge in [0.1, 0.15) is 0 Å². The minimum absolute atomic E-state index is 0.0432. The van der Waals surface area contributed by atoms with Crippen molar-refractivity contribution in [3.05, 3.63) is 75.8 Å². The molecule has 2 atom stereocenters. The largest absolute Gasteiger partial charge is 0.373 e. The normalized spacial score (nSPS) is 23.0. The maximum absolute atomic E-state index is 12.5. The van der Waals surface area contributed by atoms with E-state index in [0.717, 1.165) is 5.56 Å². The van der Waals surface area contributed by atoms with Gasteiger partial charge in [-0.1, -0.05) is 30.3 Å². The minimum atomic E-state index is -0.430. The number of carbonyl (C=O) groups excluding carboxylic acids is 1. The topological polar surface area (TPSA) is 81.5 Å². The van der Waals surface area contributed by atoms with Crippen LogP contribution in [0.1, 0.15) is 41.8 Å². The molecule has 0 bridgehead atoms. The van der Waals surface area contributed by atoms with Crippen LogP contribution in [0, 0.1) is 10.1 Å². The second-order valence-corrected chi connectivity index (χ2v) is 6.55. The lowest BCUT2D eigenvalue weighted by molar-refractivity contribution is -0.385. The first-order valence-electron chi connectivity index (χ1n) is 8.20. The van der Waals surface area contributed by atoms with Crippen LogP contribution in [0.2, 0.25) is 0 Å². The maximum atomic E-state index is 12.5. The summed E-state index contributed by atoms with van der Waals surface area (Å²) in [7, 11) is 0. The molecule has 0 aliphatic carbocycles. The molecule has 25 heavy (non-hydrogen) atoms. The summed E-state index contributed by atoms with van der Waals surface area (Å²) in [5.41, 5.74) is 0.985. The lowest BCUT2D eigenvalue weighted by atomic mass is 9.85. The molecule has 1 fully saturated rings. The lowest BCUT2D eigenvalue weighted by Gasteiger charge is -2.39. The number of nitrogens with one attached hydrogen (secondary N) is 1. The van der Waals surface area contributed by atoms with Gasteiger partial charge in [-0.2, -0.15) is 0 Å². The molecule has 6 heteroatoms. The van der Waals surface area contributed by atoms with Crippen LogP contribution in [0.4, 0.5) is 5.69 Å². The average Bonchev–Trinajstić information content (AvgIpc) is 2.62. The second-order valence-electron chi connectivity index (χ2n) is 6.55. The Morgan fingerprint density at radius 3 is 2.72 bits per heavy atom. The number of non-ortho nitro benzene ring substituents is 1. The summed E-state index contributed by atoms with van der Waals surface area (Å²) >= 11 is 0. The molecule has 1 heterocycles. The number of ether oxygens (including phenoxy) is 1. The van der Waals surface area contributed by atoms with Crippen molar-refractivity contribution < 1.29 is 14.5 Å². The van der Waals surface area contributed by atoms with Crippen LogP contribution < -0.4 is 5.32 Å². The number of hydrogen-bond donors (Lipinski definition) is 1. The van der Waals surface area contributed by atoms with Crippen LogP contribution in [0.3, 0.4) is 0 Å². The van der Waals surface area contributed by atoms with E-state index >= 15 is 0 Å². The maximum Gasteiger partial charge on any atom is 0.269 e. The van der Waals surface area contributed by atoms with Crippen molar-refractivity contribution in [2.24, 2.45) is 0 Å². The van der Waals surface area contributed by atoms with Crippen LogP contribution in [0.5, 0.6) is 0 Å². The number of nitro benzene ring substituents is 1. The molecule has 0 radical (unpaired) electrons. The summed E-state index contributed by atoms with van der Waals surface area (Å²) in [6, 6.07) is 15.5. The number of benzene rings is 2. The summed E-state index contributed by atoms with van der Waals surface area (Å²) in [6.45, 7) is 2.47. The van der Waals surface area contributed by atoms with E-state index in [9.17, 15) is 14.9 Å². The molecule has 2 aromatic rings. The van der Waals surface area contributed by atoms with Gasteiger partial charge in [0.15, 0.2) is 0 Å². The highest BCUT2D eigenvalue weighted by atomic mass is 16.6. The molecule has 130 valence electrons. The van der Waals surface area contributed by atoms with Gasteiger partial charge in [-0.3, -0.25) is 14.9 Å². The zero-order valence-electron chi connectivity index (χ0n) is 14.0. The predicted molar refractivity (Wildman–Crippen MR) is 93.3 cm³/mol. The van der Waals surface area contributed by atoms with Crippen LogP contribution in [0.15, 0.2) is 54.6 Å². The molecule has 1 amide bonds. The molecular weight excluding hydrogens is 320 g/mol. The molecule has 0 spiro atoms. The fraction of sp³-hybridized carbons (Fsp3) is 0.316. The first-order chi connectivity index (χ1) is 12.0. The zero-order valence-corrected chi connectivity index (χ0v) is 14.0. The monoisotopic (exact) mass is 340 g/mol. The predicted octanol–water partition coefficient (Wildman–Crippen LogP) is 3.64. The number of nitrogens with zero attached hydrogens (tertiary/aromatic N) is 1. The fourth-order valence-electron chi connectivity index (χ4n) is 3.10. The molecule has 1 saturated heterocycles. The van der Waals surface area contributed by atoms with Gasteiger partial charge < -0.3 is 10.1 Å². The van der Waals surface area contributed by atoms with E-state index in [-0.39, 0.29) is 17.7 Å². The molecule has 6 nitrogen and oxygen atoms in total. The van der Waals surface area contributed by atoms with Crippen molar-refractivity contribution in [1.82, 2.24) is 5.32 Å². The third kappa shape index (κ3) is 4.03. The lowest BCUT2D eigenvalue weighted by Crippen LogP contribution is -2.50. The number of carbonyl (C=O) groups is 1. The zero-order chi connectivity index (χ0) is 17.9. The van der Waals surface area contributed by atoms with E-state index in [1.807, 2.05) is 31.2 Å². The number of hydrogen-bond acceptors (Lipinski definition) is 4. The van der Waals surface area contributed by atoms with Gasteiger partial charge in [-0.25, -0.2) is 0 Å². The second kappa shape index (κ2) is 7.03. The summed E-state index contributed by atoms with van der Waals surface area (Å²) in [5, 5.41) is 14.1. The summed E-state index contributed by atoms with van der Waals surface area (Å²) in [6.07, 6.45) is 0.971. The van der Waals surface area contributed by atoms with Crippen molar-refractivity contribution in [2.45, 2.75) is 31.4 Å². The smallest absolute Gasteiger partial charge is 0.269 e. The van der Waals surface area contributed by atoms with Crippen LogP contribution >= 0.6 is 0 Å². The molecule has 3 rings (SSSR count). The summed E-state index contributed by atoms with van der Waals surface area (Å²) in [5.74, 6) is -0.122. The third-order valence-corrected chi connectivity index (χ3v) is 4.51. The van der Waals surface area contributed by atoms with Gasteiger partial charge in [0, 0.05) is 36.3 Å². The van der Waals surface area contributed by atoms with Gasteiger partial charge in [-0.05, 0) is 31.0 Å². The van der Waals surface area contributed by atoms with E-state index < -0.39 is 10.5 Å². The Balaban J connectivity index is 1.75. The Morgan fingerprint density at radius 2 is 2.00 bits per heavy atom. The van der Waals surface area contributed by atoms with Gasteiger partial charge in [-0.15, -0.1) is 0 Å². The SMILES string of the molecule is C[C@@]1(NC(=O)c2ccccc2)CCO[C@@H](c2cccc([N+](=O)[O-])c2)C1. The molecule has 0 saturated carbocycles. The number of amides is 1. The number of rotatable bonds is 4. The third-order valence-electron chi connectivity index (χ3n) is 4.51. The van der Waals surface area contributed by atoms with Crippen molar-refractivity contribution in [2.75, 3.05) is 6.61 Å². The average molecular weight is 340 g/mol. The van der Waals surface area contributed by atoms with E-state index in [2.05, 4.69) is 5.32 Å². The molecule has 1 aliphatic heterocycles. The first kappa shape index (κ1) is 17.1. The minimum Gasteiger partial charge on any atom is -0.373 e. The van der Waals surface area contributed by atoms with E-state index in [4.69, 9.17) is 4.74 Å². The highest BCUT2D eigenvalue weighted by Gasteiger charge is 2.35. The Morgan fingerprint density at radius 1 is 1.24 bits per heavy atom. The van der Waals surface area contributed by atoms with E-state index in [1.54, 1.807) is 18.2 Å². The quantitative estimate of drug-likeness (QED) is 0.680. The number of nitro groups is 1. The Kier molecular flexibility index (Phi) is 4.81.